The third-order valence-corrected chi connectivity index (χ3v) is 5.37. The Kier molecular flexibility index (Phi) is 6.50. The Hall–Kier alpha value is -3.35. The molecule has 0 fully saturated rings. The summed E-state index contributed by atoms with van der Waals surface area (Å²) < 4.78 is 7.54. The molecule has 0 bridgehead atoms. The number of urea groups is 1. The first kappa shape index (κ1) is 20.9. The first-order valence-electron chi connectivity index (χ1n) is 10.9. The molecule has 4 rings (SSSR count). The van der Waals surface area contributed by atoms with Crippen LogP contribution in [-0.4, -0.2) is 27.4 Å². The standard InChI is InChI=1S/C24H29N5O2/c1-3-31-21-14-12-20(13-15-21)28(24(30)25-19-10-8-18(2)9-11-19)17-22-26-23-7-5-4-6-16-29(23)27-22/h8-15H,3-7,16-17H2,1-2H3,(H,25,30). The maximum Gasteiger partial charge on any atom is 0.326 e. The zero-order chi connectivity index (χ0) is 21.6. The second-order valence-corrected chi connectivity index (χ2v) is 7.79. The summed E-state index contributed by atoms with van der Waals surface area (Å²) in [6.45, 7) is 5.75. The van der Waals surface area contributed by atoms with E-state index >= 15 is 0 Å². The second kappa shape index (κ2) is 9.64. The lowest BCUT2D eigenvalue weighted by molar-refractivity contribution is 0.256. The van der Waals surface area contributed by atoms with Crippen LogP contribution >= 0.6 is 0 Å². The molecule has 162 valence electrons. The summed E-state index contributed by atoms with van der Waals surface area (Å²) in [6, 6.07) is 15.1. The number of aromatic nitrogens is 3. The highest BCUT2D eigenvalue weighted by atomic mass is 16.5. The smallest absolute Gasteiger partial charge is 0.326 e. The number of hydrogen-bond acceptors (Lipinski definition) is 4. The van der Waals surface area contributed by atoms with Gasteiger partial charge in [0.15, 0.2) is 5.82 Å². The molecule has 0 unspecified atom stereocenters. The number of hydrogen-bond donors (Lipinski definition) is 1. The molecule has 0 atom stereocenters. The average Bonchev–Trinajstić information content (AvgIpc) is 3.03. The van der Waals surface area contributed by atoms with Gasteiger partial charge >= 0.3 is 6.03 Å². The van der Waals surface area contributed by atoms with Crippen molar-refractivity contribution in [2.45, 2.75) is 52.6 Å². The number of carbonyl (C=O) groups excluding carboxylic acids is 1. The Morgan fingerprint density at radius 2 is 1.87 bits per heavy atom. The minimum absolute atomic E-state index is 0.224. The number of benzene rings is 2. The van der Waals surface area contributed by atoms with Crippen LogP contribution in [0.4, 0.5) is 16.2 Å². The summed E-state index contributed by atoms with van der Waals surface area (Å²) in [5.74, 6) is 2.44. The SMILES string of the molecule is CCOc1ccc(N(Cc2nc3n(n2)CCCCC3)C(=O)Nc2ccc(C)cc2)cc1. The lowest BCUT2D eigenvalue weighted by Crippen LogP contribution is -2.35. The fraction of sp³-hybridized carbons (Fsp3) is 0.375. The van der Waals surface area contributed by atoms with E-state index in [4.69, 9.17) is 9.72 Å². The van der Waals surface area contributed by atoms with Crippen LogP contribution in [0.3, 0.4) is 0 Å². The zero-order valence-corrected chi connectivity index (χ0v) is 18.2. The van der Waals surface area contributed by atoms with E-state index in [1.807, 2.05) is 67.1 Å². The minimum Gasteiger partial charge on any atom is -0.494 e. The van der Waals surface area contributed by atoms with E-state index in [-0.39, 0.29) is 6.03 Å². The second-order valence-electron chi connectivity index (χ2n) is 7.79. The highest BCUT2D eigenvalue weighted by Gasteiger charge is 2.21. The third-order valence-electron chi connectivity index (χ3n) is 5.37. The van der Waals surface area contributed by atoms with Gasteiger partial charge in [0.25, 0.3) is 0 Å². The quantitative estimate of drug-likeness (QED) is 0.614. The predicted octanol–water partition coefficient (Wildman–Crippen LogP) is 4.95. The molecule has 0 saturated heterocycles. The van der Waals surface area contributed by atoms with Crippen LogP contribution in [0, 0.1) is 6.92 Å². The minimum atomic E-state index is -0.224. The first-order chi connectivity index (χ1) is 15.1. The Balaban J connectivity index is 1.58. The first-order valence-corrected chi connectivity index (χ1v) is 10.9. The van der Waals surface area contributed by atoms with Crippen LogP contribution in [0.25, 0.3) is 0 Å². The van der Waals surface area contributed by atoms with Gasteiger partial charge in [0.1, 0.15) is 11.6 Å². The fourth-order valence-electron chi connectivity index (χ4n) is 3.72. The maximum absolute atomic E-state index is 13.2. The number of carbonyl (C=O) groups is 1. The summed E-state index contributed by atoms with van der Waals surface area (Å²) in [4.78, 5) is 19.6. The number of rotatable bonds is 6. The zero-order valence-electron chi connectivity index (χ0n) is 18.2. The number of aryl methyl sites for hydroxylation is 3. The highest BCUT2D eigenvalue weighted by Crippen LogP contribution is 2.23. The molecule has 1 aliphatic heterocycles. The van der Waals surface area contributed by atoms with Gasteiger partial charge < -0.3 is 10.1 Å². The van der Waals surface area contributed by atoms with Crippen LogP contribution < -0.4 is 15.0 Å². The summed E-state index contributed by atoms with van der Waals surface area (Å²) >= 11 is 0. The van der Waals surface area contributed by atoms with Crippen molar-refractivity contribution in [2.75, 3.05) is 16.8 Å². The Morgan fingerprint density at radius 1 is 1.10 bits per heavy atom. The van der Waals surface area contributed by atoms with Gasteiger partial charge in [0, 0.05) is 24.3 Å². The largest absolute Gasteiger partial charge is 0.494 e. The topological polar surface area (TPSA) is 72.3 Å². The molecule has 0 saturated carbocycles. The average molecular weight is 420 g/mol. The van der Waals surface area contributed by atoms with Gasteiger partial charge in [-0.1, -0.05) is 24.1 Å². The van der Waals surface area contributed by atoms with E-state index in [0.717, 1.165) is 54.3 Å². The molecular weight excluding hydrogens is 390 g/mol. The van der Waals surface area contributed by atoms with Crippen LogP contribution in [0.5, 0.6) is 5.75 Å². The van der Waals surface area contributed by atoms with Crippen molar-refractivity contribution in [2.24, 2.45) is 0 Å². The lowest BCUT2D eigenvalue weighted by atomic mass is 10.2. The molecule has 3 aromatic rings. The van der Waals surface area contributed by atoms with E-state index < -0.39 is 0 Å². The molecule has 31 heavy (non-hydrogen) atoms. The molecule has 1 aromatic heterocycles. The molecule has 2 amide bonds. The summed E-state index contributed by atoms with van der Waals surface area (Å²) in [5, 5.41) is 7.68. The van der Waals surface area contributed by atoms with Crippen molar-refractivity contribution in [3.63, 3.8) is 0 Å². The van der Waals surface area contributed by atoms with Gasteiger partial charge in [0.05, 0.1) is 13.2 Å². The molecule has 0 spiro atoms. The van der Waals surface area contributed by atoms with E-state index in [0.29, 0.717) is 19.0 Å². The van der Waals surface area contributed by atoms with E-state index in [1.165, 1.54) is 6.42 Å². The van der Waals surface area contributed by atoms with Crippen molar-refractivity contribution in [3.05, 3.63) is 65.7 Å². The molecule has 0 radical (unpaired) electrons. The van der Waals surface area contributed by atoms with Gasteiger partial charge in [-0.15, -0.1) is 0 Å². The van der Waals surface area contributed by atoms with Crippen LogP contribution in [0.2, 0.25) is 0 Å². The fourth-order valence-corrected chi connectivity index (χ4v) is 3.72. The maximum atomic E-state index is 13.2. The van der Waals surface area contributed by atoms with E-state index in [2.05, 4.69) is 10.4 Å². The molecule has 2 heterocycles. The van der Waals surface area contributed by atoms with Crippen LogP contribution in [-0.2, 0) is 19.5 Å². The molecule has 0 aliphatic carbocycles. The molecule has 1 aliphatic rings. The Labute approximate surface area is 183 Å². The van der Waals surface area contributed by atoms with Gasteiger partial charge in [0.2, 0.25) is 0 Å². The lowest BCUT2D eigenvalue weighted by Gasteiger charge is -2.22. The van der Waals surface area contributed by atoms with Crippen molar-refractivity contribution < 1.29 is 9.53 Å². The van der Waals surface area contributed by atoms with Crippen LogP contribution in [0.15, 0.2) is 48.5 Å². The molecular formula is C24H29N5O2. The summed E-state index contributed by atoms with van der Waals surface area (Å²) in [6.07, 6.45) is 4.39. The molecule has 7 nitrogen and oxygen atoms in total. The normalized spacial score (nSPS) is 13.2. The number of nitrogens with zero attached hydrogens (tertiary/aromatic N) is 4. The van der Waals surface area contributed by atoms with Gasteiger partial charge in [-0.05, 0) is 63.1 Å². The number of ether oxygens (including phenoxy) is 1. The summed E-state index contributed by atoms with van der Waals surface area (Å²) in [5.41, 5.74) is 2.66. The van der Waals surface area contributed by atoms with Gasteiger partial charge in [-0.25, -0.2) is 14.5 Å². The predicted molar refractivity (Wildman–Crippen MR) is 122 cm³/mol. The van der Waals surface area contributed by atoms with Gasteiger partial charge in [-0.3, -0.25) is 4.90 Å². The van der Waals surface area contributed by atoms with Crippen molar-refractivity contribution in [1.29, 1.82) is 0 Å². The number of amides is 2. The van der Waals surface area contributed by atoms with E-state index in [9.17, 15) is 4.79 Å². The highest BCUT2D eigenvalue weighted by molar-refractivity contribution is 6.01. The number of anilines is 2. The van der Waals surface area contributed by atoms with Crippen molar-refractivity contribution >= 4 is 17.4 Å². The van der Waals surface area contributed by atoms with E-state index in [1.54, 1.807) is 4.90 Å². The van der Waals surface area contributed by atoms with Crippen molar-refractivity contribution in [3.8, 4) is 5.75 Å². The molecule has 2 aromatic carbocycles. The Morgan fingerprint density at radius 3 is 2.61 bits per heavy atom. The van der Waals surface area contributed by atoms with Crippen molar-refractivity contribution in [1.82, 2.24) is 14.8 Å². The number of fused-ring (bicyclic) bond motifs is 1. The Bertz CT molecular complexity index is 988. The third kappa shape index (κ3) is 5.23. The molecule has 7 heteroatoms. The van der Waals surface area contributed by atoms with Crippen LogP contribution in [0.1, 0.15) is 43.4 Å². The number of nitrogens with one attached hydrogen (secondary N) is 1. The monoisotopic (exact) mass is 419 g/mol. The van der Waals surface area contributed by atoms with Gasteiger partial charge in [-0.2, -0.15) is 5.10 Å². The summed E-state index contributed by atoms with van der Waals surface area (Å²) in [7, 11) is 0. The molecule has 1 N–H and O–H groups in total.